The monoisotopic (exact) mass is 303 g/mol. The Morgan fingerprint density at radius 2 is 1.73 bits per heavy atom. The van der Waals surface area contributed by atoms with E-state index in [0.717, 1.165) is 5.56 Å². The van der Waals surface area contributed by atoms with Crippen LogP contribution in [0.4, 0.5) is 5.69 Å². The molecule has 0 unspecified atom stereocenters. The van der Waals surface area contributed by atoms with Gasteiger partial charge in [-0.25, -0.2) is 0 Å². The summed E-state index contributed by atoms with van der Waals surface area (Å²) in [6.07, 6.45) is 0. The number of hydrogen-bond acceptors (Lipinski definition) is 6. The topological polar surface area (TPSA) is 82.6 Å². The van der Waals surface area contributed by atoms with E-state index in [4.69, 9.17) is 14.2 Å². The van der Waals surface area contributed by atoms with Crippen molar-refractivity contribution in [2.45, 2.75) is 6.61 Å². The Morgan fingerprint density at radius 1 is 1.09 bits per heavy atom. The number of amides is 1. The maximum Gasteiger partial charge on any atom is 0.293 e. The van der Waals surface area contributed by atoms with E-state index in [2.05, 4.69) is 15.3 Å². The summed E-state index contributed by atoms with van der Waals surface area (Å²) in [5, 5.41) is 2.76. The van der Waals surface area contributed by atoms with Crippen LogP contribution in [-0.4, -0.2) is 37.2 Å². The molecular weight excluding hydrogens is 286 g/mol. The molecule has 116 valence electrons. The van der Waals surface area contributed by atoms with Crippen LogP contribution in [0, 0.1) is 0 Å². The number of para-hydroxylation sites is 1. The summed E-state index contributed by atoms with van der Waals surface area (Å²) in [6.45, 7) is 0.388. The third-order valence-electron chi connectivity index (χ3n) is 2.87. The summed E-state index contributed by atoms with van der Waals surface area (Å²) in [5.41, 5.74) is 1.49. The summed E-state index contributed by atoms with van der Waals surface area (Å²) < 4.78 is 15.2. The molecule has 1 N–H and O–H groups in total. The lowest BCUT2D eigenvalue weighted by Gasteiger charge is -2.10. The van der Waals surface area contributed by atoms with Gasteiger partial charge in [0.2, 0.25) is 17.6 Å². The second-order valence-corrected chi connectivity index (χ2v) is 4.32. The number of hydrogen-bond donors (Lipinski definition) is 1. The Balaban J connectivity index is 2.26. The lowest BCUT2D eigenvalue weighted by Crippen LogP contribution is -2.17. The molecule has 1 heterocycles. The fraction of sp³-hybridized carbons (Fsp3) is 0.267. The molecule has 0 saturated carbocycles. The first-order valence-corrected chi connectivity index (χ1v) is 6.53. The fourth-order valence-electron chi connectivity index (χ4n) is 1.82. The molecule has 7 heteroatoms. The molecule has 0 bridgehead atoms. The van der Waals surface area contributed by atoms with E-state index in [1.165, 1.54) is 20.3 Å². The molecule has 0 atom stereocenters. The Hall–Kier alpha value is -2.67. The number of carbonyl (C=O) groups is 1. The van der Waals surface area contributed by atoms with E-state index in [9.17, 15) is 4.79 Å². The summed E-state index contributed by atoms with van der Waals surface area (Å²) in [4.78, 5) is 20.3. The zero-order valence-electron chi connectivity index (χ0n) is 12.6. The number of methoxy groups -OCH3 is 3. The van der Waals surface area contributed by atoms with Gasteiger partial charge in [0, 0.05) is 18.4 Å². The SMILES string of the molecule is COCc1ccccc1NC(=O)c1nc(OC)cc(OC)n1. The highest BCUT2D eigenvalue weighted by atomic mass is 16.5. The first-order valence-electron chi connectivity index (χ1n) is 6.53. The van der Waals surface area contributed by atoms with Gasteiger partial charge in [-0.1, -0.05) is 18.2 Å². The van der Waals surface area contributed by atoms with Gasteiger partial charge in [0.25, 0.3) is 5.91 Å². The molecular formula is C15H17N3O4. The third-order valence-corrected chi connectivity index (χ3v) is 2.87. The van der Waals surface area contributed by atoms with Gasteiger partial charge in [-0.05, 0) is 6.07 Å². The summed E-state index contributed by atoms with van der Waals surface area (Å²) in [7, 11) is 4.50. The molecule has 2 aromatic rings. The third kappa shape index (κ3) is 3.70. The minimum atomic E-state index is -0.458. The van der Waals surface area contributed by atoms with Crippen molar-refractivity contribution in [2.24, 2.45) is 0 Å². The predicted octanol–water partition coefficient (Wildman–Crippen LogP) is 1.89. The normalized spacial score (nSPS) is 10.1. The first-order chi connectivity index (χ1) is 10.7. The van der Waals surface area contributed by atoms with Crippen molar-refractivity contribution in [1.82, 2.24) is 9.97 Å². The molecule has 1 aromatic heterocycles. The van der Waals surface area contributed by atoms with Gasteiger partial charge in [-0.15, -0.1) is 0 Å². The fourth-order valence-corrected chi connectivity index (χ4v) is 1.82. The quantitative estimate of drug-likeness (QED) is 0.877. The molecule has 0 aliphatic rings. The Morgan fingerprint density at radius 3 is 2.32 bits per heavy atom. The smallest absolute Gasteiger partial charge is 0.293 e. The van der Waals surface area contributed by atoms with Crippen LogP contribution in [0.25, 0.3) is 0 Å². The van der Waals surface area contributed by atoms with Crippen molar-refractivity contribution in [2.75, 3.05) is 26.6 Å². The maximum atomic E-state index is 12.3. The van der Waals surface area contributed by atoms with E-state index in [0.29, 0.717) is 12.3 Å². The van der Waals surface area contributed by atoms with Gasteiger partial charge >= 0.3 is 0 Å². The van der Waals surface area contributed by atoms with Crippen LogP contribution in [0.5, 0.6) is 11.8 Å². The number of benzene rings is 1. The van der Waals surface area contributed by atoms with E-state index in [1.54, 1.807) is 13.2 Å². The lowest BCUT2D eigenvalue weighted by molar-refractivity contribution is 0.101. The highest BCUT2D eigenvalue weighted by molar-refractivity contribution is 6.02. The Labute approximate surface area is 128 Å². The number of aromatic nitrogens is 2. The van der Waals surface area contributed by atoms with Gasteiger partial charge in [-0.3, -0.25) is 4.79 Å². The Kier molecular flexibility index (Phi) is 5.26. The summed E-state index contributed by atoms with van der Waals surface area (Å²) in [5.74, 6) is 0.00789. The van der Waals surface area contributed by atoms with Crippen LogP contribution in [0.3, 0.4) is 0 Å². The van der Waals surface area contributed by atoms with Crippen LogP contribution in [0.1, 0.15) is 16.2 Å². The van der Waals surface area contributed by atoms with Crippen LogP contribution < -0.4 is 14.8 Å². The highest BCUT2D eigenvalue weighted by Gasteiger charge is 2.15. The number of rotatable bonds is 6. The second-order valence-electron chi connectivity index (χ2n) is 4.32. The first kappa shape index (κ1) is 15.7. The molecule has 0 aliphatic carbocycles. The van der Waals surface area contributed by atoms with Crippen molar-refractivity contribution < 1.29 is 19.0 Å². The van der Waals surface area contributed by atoms with Gasteiger partial charge in [0.05, 0.1) is 26.9 Å². The number of ether oxygens (including phenoxy) is 3. The van der Waals surface area contributed by atoms with E-state index in [1.807, 2.05) is 18.2 Å². The van der Waals surface area contributed by atoms with Crippen LogP contribution in [0.2, 0.25) is 0 Å². The standard InChI is InChI=1S/C15H17N3O4/c1-20-9-10-6-4-5-7-11(10)16-15(19)14-17-12(21-2)8-13(18-14)22-3/h4-8H,9H2,1-3H3,(H,16,19). The largest absolute Gasteiger partial charge is 0.481 e. The van der Waals surface area contributed by atoms with Crippen LogP contribution in [0.15, 0.2) is 30.3 Å². The molecule has 2 rings (SSSR count). The lowest BCUT2D eigenvalue weighted by atomic mass is 10.2. The van der Waals surface area contributed by atoms with Crippen molar-refractivity contribution in [3.63, 3.8) is 0 Å². The summed E-state index contributed by atoms with van der Waals surface area (Å²) >= 11 is 0. The molecule has 7 nitrogen and oxygen atoms in total. The summed E-state index contributed by atoms with van der Waals surface area (Å²) in [6, 6.07) is 8.84. The van der Waals surface area contributed by atoms with Crippen molar-refractivity contribution in [1.29, 1.82) is 0 Å². The molecule has 22 heavy (non-hydrogen) atoms. The van der Waals surface area contributed by atoms with Crippen molar-refractivity contribution in [3.8, 4) is 11.8 Å². The van der Waals surface area contributed by atoms with Crippen molar-refractivity contribution in [3.05, 3.63) is 41.7 Å². The molecule has 1 aromatic carbocycles. The Bertz CT molecular complexity index is 639. The van der Waals surface area contributed by atoms with Crippen molar-refractivity contribution >= 4 is 11.6 Å². The van der Waals surface area contributed by atoms with Gasteiger partial charge in [-0.2, -0.15) is 9.97 Å². The number of nitrogens with zero attached hydrogens (tertiary/aromatic N) is 2. The minimum absolute atomic E-state index is 0.0385. The molecule has 1 amide bonds. The number of anilines is 1. The highest BCUT2D eigenvalue weighted by Crippen LogP contribution is 2.18. The number of carbonyl (C=O) groups excluding carboxylic acids is 1. The van der Waals surface area contributed by atoms with Gasteiger partial charge in [0.1, 0.15) is 0 Å². The average Bonchev–Trinajstić information content (AvgIpc) is 2.56. The van der Waals surface area contributed by atoms with E-state index >= 15 is 0 Å². The maximum absolute atomic E-state index is 12.3. The zero-order valence-corrected chi connectivity index (χ0v) is 12.6. The van der Waals surface area contributed by atoms with Crippen LogP contribution >= 0.6 is 0 Å². The second kappa shape index (κ2) is 7.37. The van der Waals surface area contributed by atoms with E-state index < -0.39 is 5.91 Å². The van der Waals surface area contributed by atoms with Gasteiger partial charge in [0.15, 0.2) is 0 Å². The molecule has 0 radical (unpaired) electrons. The molecule has 0 saturated heterocycles. The molecule has 0 aliphatic heterocycles. The average molecular weight is 303 g/mol. The number of nitrogens with one attached hydrogen (secondary N) is 1. The minimum Gasteiger partial charge on any atom is -0.481 e. The molecule has 0 spiro atoms. The molecule has 0 fully saturated rings. The van der Waals surface area contributed by atoms with Gasteiger partial charge < -0.3 is 19.5 Å². The van der Waals surface area contributed by atoms with Crippen LogP contribution in [-0.2, 0) is 11.3 Å². The zero-order chi connectivity index (χ0) is 15.9. The van der Waals surface area contributed by atoms with E-state index in [-0.39, 0.29) is 17.6 Å². The predicted molar refractivity (Wildman–Crippen MR) is 80.2 cm³/mol.